The van der Waals surface area contributed by atoms with E-state index in [2.05, 4.69) is 15.9 Å². The first-order valence-electron chi connectivity index (χ1n) is 5.74. The van der Waals surface area contributed by atoms with Gasteiger partial charge in [0.25, 0.3) is 0 Å². The lowest BCUT2D eigenvalue weighted by Crippen LogP contribution is -2.39. The number of halogens is 1. The maximum atomic E-state index is 12.2. The molecule has 0 aromatic heterocycles. The molecule has 0 unspecified atom stereocenters. The third-order valence-corrected chi connectivity index (χ3v) is 5.20. The summed E-state index contributed by atoms with van der Waals surface area (Å²) in [7, 11) is -3.37. The molecule has 0 radical (unpaired) electrons. The molecule has 1 aromatic rings. The molecule has 0 spiro atoms. The van der Waals surface area contributed by atoms with Gasteiger partial charge in [-0.2, -0.15) is 0 Å². The van der Waals surface area contributed by atoms with Crippen molar-refractivity contribution in [2.75, 3.05) is 28.9 Å². The summed E-state index contributed by atoms with van der Waals surface area (Å²) in [4.78, 5) is 0. The highest BCUT2D eigenvalue weighted by Crippen LogP contribution is 2.37. The van der Waals surface area contributed by atoms with E-state index in [0.29, 0.717) is 17.9 Å². The van der Waals surface area contributed by atoms with Gasteiger partial charge in [0.15, 0.2) is 0 Å². The van der Waals surface area contributed by atoms with Crippen LogP contribution in [0.25, 0.3) is 0 Å². The molecule has 18 heavy (non-hydrogen) atoms. The maximum Gasteiger partial charge on any atom is 0.236 e. The van der Waals surface area contributed by atoms with Crippen LogP contribution in [0.4, 0.5) is 11.4 Å². The van der Waals surface area contributed by atoms with Gasteiger partial charge in [-0.25, -0.2) is 8.42 Å². The molecule has 0 fully saturated rings. The predicted octanol–water partition coefficient (Wildman–Crippen LogP) is 1.07. The van der Waals surface area contributed by atoms with Gasteiger partial charge < -0.3 is 11.5 Å². The number of anilines is 2. The number of nitrogens with two attached hydrogens (primary N) is 2. The molecule has 1 aromatic carbocycles. The first kappa shape index (κ1) is 13.6. The van der Waals surface area contributed by atoms with Crippen molar-refractivity contribution in [2.45, 2.75) is 12.8 Å². The van der Waals surface area contributed by atoms with Crippen molar-refractivity contribution in [3.8, 4) is 0 Å². The smallest absolute Gasteiger partial charge is 0.236 e. The minimum atomic E-state index is -3.37. The summed E-state index contributed by atoms with van der Waals surface area (Å²) in [5, 5.41) is 0. The normalized spacial score (nSPS) is 15.6. The van der Waals surface area contributed by atoms with Crippen LogP contribution < -0.4 is 15.8 Å². The lowest BCUT2D eigenvalue weighted by atomic mass is 10.0. The summed E-state index contributed by atoms with van der Waals surface area (Å²) in [6.07, 6.45) is 1.64. The van der Waals surface area contributed by atoms with Gasteiger partial charge in [0.1, 0.15) is 0 Å². The fourth-order valence-corrected chi connectivity index (χ4v) is 4.19. The van der Waals surface area contributed by atoms with E-state index in [-0.39, 0.29) is 12.3 Å². The van der Waals surface area contributed by atoms with Gasteiger partial charge >= 0.3 is 0 Å². The highest BCUT2D eigenvalue weighted by Gasteiger charge is 2.28. The Kier molecular flexibility index (Phi) is 3.84. The Morgan fingerprint density at radius 2 is 2.11 bits per heavy atom. The van der Waals surface area contributed by atoms with E-state index in [1.165, 1.54) is 4.31 Å². The van der Waals surface area contributed by atoms with E-state index in [0.717, 1.165) is 22.9 Å². The lowest BCUT2D eigenvalue weighted by Gasteiger charge is -2.31. The van der Waals surface area contributed by atoms with Crippen LogP contribution in [-0.4, -0.2) is 27.3 Å². The third-order valence-electron chi connectivity index (χ3n) is 2.95. The number of fused-ring (bicyclic) bond motifs is 1. The number of hydrogen-bond acceptors (Lipinski definition) is 4. The third kappa shape index (κ3) is 2.48. The highest BCUT2D eigenvalue weighted by atomic mass is 79.9. The predicted molar refractivity (Wildman–Crippen MR) is 77.1 cm³/mol. The fraction of sp³-hybridized carbons (Fsp3) is 0.455. The van der Waals surface area contributed by atoms with Crippen LogP contribution in [-0.2, 0) is 16.4 Å². The number of aryl methyl sites for hydroxylation is 1. The van der Waals surface area contributed by atoms with E-state index < -0.39 is 10.0 Å². The molecule has 1 aliphatic heterocycles. The topological polar surface area (TPSA) is 89.4 Å². The average molecular weight is 334 g/mol. The van der Waals surface area contributed by atoms with Gasteiger partial charge in [-0.15, -0.1) is 0 Å². The zero-order valence-electron chi connectivity index (χ0n) is 9.89. The number of hydrogen-bond donors (Lipinski definition) is 2. The van der Waals surface area contributed by atoms with Crippen LogP contribution >= 0.6 is 15.9 Å². The molecule has 1 heterocycles. The molecule has 7 heteroatoms. The summed E-state index contributed by atoms with van der Waals surface area (Å²) in [5.74, 6) is -0.0536. The van der Waals surface area contributed by atoms with Gasteiger partial charge in [-0.3, -0.25) is 4.31 Å². The van der Waals surface area contributed by atoms with Crippen molar-refractivity contribution >= 4 is 37.3 Å². The van der Waals surface area contributed by atoms with E-state index >= 15 is 0 Å². The Labute approximate surface area is 115 Å². The minimum Gasteiger partial charge on any atom is -0.397 e. The second kappa shape index (κ2) is 5.07. The molecule has 0 atom stereocenters. The Morgan fingerprint density at radius 1 is 1.39 bits per heavy atom. The molecule has 100 valence electrons. The lowest BCUT2D eigenvalue weighted by molar-refractivity contribution is 0.586. The summed E-state index contributed by atoms with van der Waals surface area (Å²) in [6.45, 7) is 0.589. The quantitative estimate of drug-likeness (QED) is 0.809. The number of sulfonamides is 1. The Bertz CT molecular complexity index is 560. The molecule has 5 nitrogen and oxygen atoms in total. The molecule has 0 aliphatic carbocycles. The molecule has 0 saturated heterocycles. The number of rotatable bonds is 3. The van der Waals surface area contributed by atoms with Crippen molar-refractivity contribution in [1.29, 1.82) is 0 Å². The van der Waals surface area contributed by atoms with Crippen molar-refractivity contribution in [3.63, 3.8) is 0 Å². The Morgan fingerprint density at radius 3 is 2.78 bits per heavy atom. The molecule has 4 N–H and O–H groups in total. The first-order valence-corrected chi connectivity index (χ1v) is 8.14. The van der Waals surface area contributed by atoms with Crippen molar-refractivity contribution in [3.05, 3.63) is 22.2 Å². The zero-order chi connectivity index (χ0) is 13.3. The molecule has 2 rings (SSSR count). The largest absolute Gasteiger partial charge is 0.397 e. The molecular formula is C11H16BrN3O2S. The van der Waals surface area contributed by atoms with Crippen LogP contribution in [0, 0.1) is 0 Å². The van der Waals surface area contributed by atoms with Crippen LogP contribution in [0.1, 0.15) is 12.0 Å². The second-order valence-corrected chi connectivity index (χ2v) is 7.21. The number of benzene rings is 1. The summed E-state index contributed by atoms with van der Waals surface area (Å²) in [6, 6.07) is 3.66. The van der Waals surface area contributed by atoms with Gasteiger partial charge in [-0.05, 0) is 30.5 Å². The van der Waals surface area contributed by atoms with E-state index in [4.69, 9.17) is 11.5 Å². The van der Waals surface area contributed by atoms with E-state index in [1.807, 2.05) is 6.07 Å². The maximum absolute atomic E-state index is 12.2. The number of nitrogen functional groups attached to an aromatic ring is 1. The Hall–Kier alpha value is -0.790. The van der Waals surface area contributed by atoms with Gasteiger partial charge in [0.05, 0.1) is 17.1 Å². The van der Waals surface area contributed by atoms with Crippen molar-refractivity contribution in [2.24, 2.45) is 5.73 Å². The highest BCUT2D eigenvalue weighted by molar-refractivity contribution is 9.10. The average Bonchev–Trinajstić information content (AvgIpc) is 2.27. The summed E-state index contributed by atoms with van der Waals surface area (Å²) in [5.41, 5.74) is 13.4. The van der Waals surface area contributed by atoms with Crippen molar-refractivity contribution in [1.82, 2.24) is 0 Å². The van der Waals surface area contributed by atoms with Gasteiger partial charge in [0.2, 0.25) is 10.0 Å². The summed E-state index contributed by atoms with van der Waals surface area (Å²) < 4.78 is 26.6. The van der Waals surface area contributed by atoms with Gasteiger partial charge in [0, 0.05) is 17.6 Å². The standard InChI is InChI=1S/C11H16BrN3O2S/c12-9-6-8-2-1-4-15(11(8)10(14)7-9)18(16,17)5-3-13/h6-7H,1-5,13-14H2. The van der Waals surface area contributed by atoms with Crippen LogP contribution in [0.2, 0.25) is 0 Å². The molecule has 0 bridgehead atoms. The van der Waals surface area contributed by atoms with E-state index in [9.17, 15) is 8.42 Å². The molecular weight excluding hydrogens is 318 g/mol. The van der Waals surface area contributed by atoms with Crippen LogP contribution in [0.3, 0.4) is 0 Å². The molecule has 1 aliphatic rings. The first-order chi connectivity index (χ1) is 8.45. The second-order valence-electron chi connectivity index (χ2n) is 4.28. The SMILES string of the molecule is NCCS(=O)(=O)N1CCCc2cc(Br)cc(N)c21. The number of nitrogens with zero attached hydrogens (tertiary/aromatic N) is 1. The van der Waals surface area contributed by atoms with Crippen LogP contribution in [0.5, 0.6) is 0 Å². The molecule has 0 saturated carbocycles. The summed E-state index contributed by atoms with van der Waals surface area (Å²) >= 11 is 3.37. The molecule has 0 amide bonds. The Balaban J connectivity index is 2.52. The van der Waals surface area contributed by atoms with Crippen molar-refractivity contribution < 1.29 is 8.42 Å². The fourth-order valence-electron chi connectivity index (χ4n) is 2.24. The van der Waals surface area contributed by atoms with Gasteiger partial charge in [-0.1, -0.05) is 15.9 Å². The minimum absolute atomic E-state index is 0.0536. The monoisotopic (exact) mass is 333 g/mol. The zero-order valence-corrected chi connectivity index (χ0v) is 12.3. The van der Waals surface area contributed by atoms with Crippen LogP contribution in [0.15, 0.2) is 16.6 Å². The van der Waals surface area contributed by atoms with E-state index in [1.54, 1.807) is 6.07 Å².